The van der Waals surface area contributed by atoms with Gasteiger partial charge in [0.25, 0.3) is 5.91 Å². The summed E-state index contributed by atoms with van der Waals surface area (Å²) in [6, 6.07) is 9.06. The Bertz CT molecular complexity index is 539. The number of benzene rings is 1. The fourth-order valence-corrected chi connectivity index (χ4v) is 3.17. The van der Waals surface area contributed by atoms with Crippen molar-refractivity contribution in [2.24, 2.45) is 0 Å². The number of ether oxygens (including phenoxy) is 1. The van der Waals surface area contributed by atoms with Gasteiger partial charge in [-0.05, 0) is 24.8 Å². The molecule has 1 aromatic rings. The van der Waals surface area contributed by atoms with E-state index in [0.717, 1.165) is 24.8 Å². The molecule has 2 atom stereocenters. The standard InChI is InChI=1S/C17H22N2O4/c20-14(12-23-11-13-6-2-1-3-7-13)10-19-16(21)15-8-4-5-9-18(15)17(19)22/h1-3,6-7,14-15,20H,4-5,8-12H2. The molecule has 0 bridgehead atoms. The van der Waals surface area contributed by atoms with Gasteiger partial charge in [-0.3, -0.25) is 9.69 Å². The molecule has 0 aromatic heterocycles. The van der Waals surface area contributed by atoms with Gasteiger partial charge in [0.15, 0.2) is 0 Å². The van der Waals surface area contributed by atoms with E-state index in [2.05, 4.69) is 0 Å². The van der Waals surface area contributed by atoms with Crippen LogP contribution in [0.3, 0.4) is 0 Å². The smallest absolute Gasteiger partial charge is 0.327 e. The van der Waals surface area contributed by atoms with Crippen molar-refractivity contribution in [3.05, 3.63) is 35.9 Å². The van der Waals surface area contributed by atoms with E-state index in [9.17, 15) is 14.7 Å². The van der Waals surface area contributed by atoms with Crippen molar-refractivity contribution in [2.45, 2.75) is 38.0 Å². The van der Waals surface area contributed by atoms with Crippen LogP contribution >= 0.6 is 0 Å². The van der Waals surface area contributed by atoms with Gasteiger partial charge >= 0.3 is 6.03 Å². The van der Waals surface area contributed by atoms with Crippen LogP contribution in [0, 0.1) is 0 Å². The number of aliphatic hydroxyl groups excluding tert-OH is 1. The molecule has 2 unspecified atom stereocenters. The van der Waals surface area contributed by atoms with Crippen LogP contribution in [0.5, 0.6) is 0 Å². The van der Waals surface area contributed by atoms with Gasteiger partial charge in [-0.2, -0.15) is 0 Å². The Kier molecular flexibility index (Phi) is 4.93. The molecule has 2 aliphatic heterocycles. The van der Waals surface area contributed by atoms with Crippen LogP contribution in [0.1, 0.15) is 24.8 Å². The number of piperidine rings is 1. The predicted molar refractivity (Wildman–Crippen MR) is 83.6 cm³/mol. The van der Waals surface area contributed by atoms with Gasteiger partial charge in [-0.15, -0.1) is 0 Å². The summed E-state index contributed by atoms with van der Waals surface area (Å²) in [4.78, 5) is 27.4. The number of hydrogen-bond acceptors (Lipinski definition) is 4. The number of imide groups is 1. The zero-order chi connectivity index (χ0) is 16.2. The summed E-state index contributed by atoms with van der Waals surface area (Å²) in [5.74, 6) is -0.184. The Labute approximate surface area is 135 Å². The molecule has 2 aliphatic rings. The Morgan fingerprint density at radius 1 is 1.22 bits per heavy atom. The summed E-state index contributed by atoms with van der Waals surface area (Å²) >= 11 is 0. The minimum atomic E-state index is -0.868. The fourth-order valence-electron chi connectivity index (χ4n) is 3.17. The van der Waals surface area contributed by atoms with E-state index in [1.807, 2.05) is 30.3 Å². The van der Waals surface area contributed by atoms with E-state index < -0.39 is 6.10 Å². The number of aliphatic hydroxyl groups is 1. The first-order valence-electron chi connectivity index (χ1n) is 8.08. The summed E-state index contributed by atoms with van der Waals surface area (Å²) < 4.78 is 5.47. The first-order chi connectivity index (χ1) is 11.2. The number of urea groups is 1. The molecule has 124 valence electrons. The van der Waals surface area contributed by atoms with E-state index in [0.29, 0.717) is 13.2 Å². The second-order valence-electron chi connectivity index (χ2n) is 6.09. The summed E-state index contributed by atoms with van der Waals surface area (Å²) in [6.45, 7) is 1.12. The number of β-amino-alcohol motifs (C(OH)–C–C–N with tert-alkyl or cyclic N) is 1. The zero-order valence-electron chi connectivity index (χ0n) is 13.1. The van der Waals surface area contributed by atoms with E-state index in [1.54, 1.807) is 4.90 Å². The summed E-state index contributed by atoms with van der Waals surface area (Å²) in [7, 11) is 0. The molecule has 1 aromatic carbocycles. The molecule has 3 amide bonds. The van der Waals surface area contributed by atoms with Crippen molar-refractivity contribution in [3.8, 4) is 0 Å². The van der Waals surface area contributed by atoms with Crippen molar-refractivity contribution < 1.29 is 19.4 Å². The van der Waals surface area contributed by atoms with Crippen LogP contribution in [0.15, 0.2) is 30.3 Å². The molecule has 2 heterocycles. The predicted octanol–water partition coefficient (Wildman–Crippen LogP) is 1.38. The number of fused-ring (bicyclic) bond motifs is 1. The largest absolute Gasteiger partial charge is 0.389 e. The highest BCUT2D eigenvalue weighted by Crippen LogP contribution is 2.26. The zero-order valence-corrected chi connectivity index (χ0v) is 13.1. The van der Waals surface area contributed by atoms with Crippen LogP contribution in [0.2, 0.25) is 0 Å². The lowest BCUT2D eigenvalue weighted by Crippen LogP contribution is -2.40. The van der Waals surface area contributed by atoms with Gasteiger partial charge in [0.2, 0.25) is 0 Å². The van der Waals surface area contributed by atoms with Gasteiger partial charge in [0, 0.05) is 6.54 Å². The van der Waals surface area contributed by atoms with Crippen LogP contribution in [-0.4, -0.2) is 58.7 Å². The van der Waals surface area contributed by atoms with Gasteiger partial charge in [-0.25, -0.2) is 4.79 Å². The number of hydrogen-bond donors (Lipinski definition) is 1. The maximum absolute atomic E-state index is 12.3. The van der Waals surface area contributed by atoms with Crippen molar-refractivity contribution in [1.29, 1.82) is 0 Å². The number of carbonyl (C=O) groups is 2. The molecule has 0 spiro atoms. The van der Waals surface area contributed by atoms with Gasteiger partial charge in [0.05, 0.1) is 25.9 Å². The Morgan fingerprint density at radius 2 is 2.00 bits per heavy atom. The summed E-state index contributed by atoms with van der Waals surface area (Å²) in [6.07, 6.45) is 1.76. The lowest BCUT2D eigenvalue weighted by Gasteiger charge is -2.26. The van der Waals surface area contributed by atoms with Crippen LogP contribution in [0.4, 0.5) is 4.79 Å². The second-order valence-corrected chi connectivity index (χ2v) is 6.09. The van der Waals surface area contributed by atoms with E-state index in [-0.39, 0.29) is 31.1 Å². The number of rotatable bonds is 6. The molecule has 0 saturated carbocycles. The first-order valence-corrected chi connectivity index (χ1v) is 8.08. The van der Waals surface area contributed by atoms with Crippen molar-refractivity contribution in [2.75, 3.05) is 19.7 Å². The van der Waals surface area contributed by atoms with E-state index in [1.165, 1.54) is 4.90 Å². The third-order valence-electron chi connectivity index (χ3n) is 4.35. The fraction of sp³-hybridized carbons (Fsp3) is 0.529. The number of amides is 3. The number of carbonyl (C=O) groups excluding carboxylic acids is 2. The molecular weight excluding hydrogens is 296 g/mol. The normalized spacial score (nSPS) is 22.4. The lowest BCUT2D eigenvalue weighted by molar-refractivity contribution is -0.130. The van der Waals surface area contributed by atoms with Gasteiger partial charge in [0.1, 0.15) is 6.04 Å². The highest BCUT2D eigenvalue weighted by atomic mass is 16.5. The quantitative estimate of drug-likeness (QED) is 0.805. The molecule has 23 heavy (non-hydrogen) atoms. The highest BCUT2D eigenvalue weighted by Gasteiger charge is 2.46. The van der Waals surface area contributed by atoms with Gasteiger partial charge in [-0.1, -0.05) is 30.3 Å². The summed E-state index contributed by atoms with van der Waals surface area (Å²) in [5, 5.41) is 10.1. The van der Waals surface area contributed by atoms with E-state index in [4.69, 9.17) is 4.74 Å². The SMILES string of the molecule is O=C1C2CCCCN2C(=O)N1CC(O)COCc1ccccc1. The monoisotopic (exact) mass is 318 g/mol. The van der Waals surface area contributed by atoms with Crippen molar-refractivity contribution in [1.82, 2.24) is 9.80 Å². The molecule has 6 heteroatoms. The molecular formula is C17H22N2O4. The molecule has 2 fully saturated rings. The lowest BCUT2D eigenvalue weighted by atomic mass is 10.0. The molecule has 3 rings (SSSR count). The maximum Gasteiger partial charge on any atom is 0.327 e. The first kappa shape index (κ1) is 16.0. The third kappa shape index (κ3) is 3.54. The Morgan fingerprint density at radius 3 is 2.74 bits per heavy atom. The average molecular weight is 318 g/mol. The molecule has 1 N–H and O–H groups in total. The van der Waals surface area contributed by atoms with Crippen molar-refractivity contribution >= 4 is 11.9 Å². The molecule has 0 radical (unpaired) electrons. The summed E-state index contributed by atoms with van der Waals surface area (Å²) in [5.41, 5.74) is 1.02. The topological polar surface area (TPSA) is 70.1 Å². The van der Waals surface area contributed by atoms with Gasteiger partial charge < -0.3 is 14.7 Å². The molecule has 0 aliphatic carbocycles. The minimum Gasteiger partial charge on any atom is -0.389 e. The van der Waals surface area contributed by atoms with Crippen LogP contribution in [-0.2, 0) is 16.1 Å². The minimum absolute atomic E-state index is 0.000539. The highest BCUT2D eigenvalue weighted by molar-refractivity contribution is 6.04. The van der Waals surface area contributed by atoms with Crippen molar-refractivity contribution in [3.63, 3.8) is 0 Å². The maximum atomic E-state index is 12.3. The van der Waals surface area contributed by atoms with Crippen LogP contribution < -0.4 is 0 Å². The molecule has 2 saturated heterocycles. The number of nitrogens with zero attached hydrogens (tertiary/aromatic N) is 2. The van der Waals surface area contributed by atoms with E-state index >= 15 is 0 Å². The molecule has 6 nitrogen and oxygen atoms in total. The average Bonchev–Trinajstić information content (AvgIpc) is 2.81. The van der Waals surface area contributed by atoms with Crippen LogP contribution in [0.25, 0.3) is 0 Å². The Hall–Kier alpha value is -1.92. The second kappa shape index (κ2) is 7.10. The Balaban J connectivity index is 1.48. The third-order valence-corrected chi connectivity index (χ3v) is 4.35.